The van der Waals surface area contributed by atoms with Crippen LogP contribution < -0.4 is 10.0 Å². The average molecular weight is 426 g/mol. The maximum absolute atomic E-state index is 12.4. The molecule has 0 atom stereocenters. The second-order valence-corrected chi connectivity index (χ2v) is 8.32. The number of aromatic nitrogens is 4. The van der Waals surface area contributed by atoms with Crippen LogP contribution in [0.1, 0.15) is 5.69 Å². The molecular weight excluding hydrogens is 412 g/mol. The summed E-state index contributed by atoms with van der Waals surface area (Å²) in [5.74, 6) is -0.365. The van der Waals surface area contributed by atoms with Crippen LogP contribution in [0.4, 0.5) is 11.6 Å². The van der Waals surface area contributed by atoms with Gasteiger partial charge in [-0.2, -0.15) is 0 Å². The molecule has 3 heterocycles. The number of nitrogens with zero attached hydrogens (tertiary/aromatic N) is 4. The highest BCUT2D eigenvalue weighted by atomic mass is 32.2. The summed E-state index contributed by atoms with van der Waals surface area (Å²) < 4.78 is 28.9. The maximum Gasteiger partial charge on any atom is 0.264 e. The minimum atomic E-state index is -3.82. The highest BCUT2D eigenvalue weighted by Crippen LogP contribution is 2.17. The third kappa shape index (κ3) is 4.31. The maximum atomic E-state index is 12.4. The predicted octanol–water partition coefficient (Wildman–Crippen LogP) is 2.64. The number of benzene rings is 1. The highest BCUT2D eigenvalue weighted by Gasteiger charge is 2.15. The zero-order chi connectivity index (χ0) is 20.3. The van der Waals surface area contributed by atoms with E-state index in [9.17, 15) is 13.2 Å². The Bertz CT molecular complexity index is 1280. The molecule has 146 valence electrons. The number of hydrogen-bond acceptors (Lipinski definition) is 7. The van der Waals surface area contributed by atoms with Crippen LogP contribution in [-0.2, 0) is 14.8 Å². The lowest BCUT2D eigenvalue weighted by Gasteiger charge is -2.07. The molecule has 0 bridgehead atoms. The van der Waals surface area contributed by atoms with Crippen molar-refractivity contribution >= 4 is 49.9 Å². The number of hydrogen-bond donors (Lipinski definition) is 2. The zero-order valence-electron chi connectivity index (χ0n) is 14.8. The average Bonchev–Trinajstić information content (AvgIpc) is 3.31. The Hall–Kier alpha value is -3.57. The van der Waals surface area contributed by atoms with Gasteiger partial charge in [-0.25, -0.2) is 28.1 Å². The van der Waals surface area contributed by atoms with Crippen molar-refractivity contribution in [2.75, 3.05) is 10.0 Å². The van der Waals surface area contributed by atoms with Crippen molar-refractivity contribution in [3.05, 3.63) is 72.3 Å². The Morgan fingerprint density at radius 3 is 2.62 bits per heavy atom. The molecule has 1 aromatic carbocycles. The molecule has 0 aliphatic rings. The largest absolute Gasteiger partial charge is 0.323 e. The molecule has 0 unspecified atom stereocenters. The Labute approximate surface area is 169 Å². The summed E-state index contributed by atoms with van der Waals surface area (Å²) in [7, 11) is -3.82. The molecule has 0 saturated heterocycles. The molecule has 4 aromatic rings. The Kier molecular flexibility index (Phi) is 5.06. The van der Waals surface area contributed by atoms with Crippen molar-refractivity contribution in [1.29, 1.82) is 0 Å². The van der Waals surface area contributed by atoms with E-state index in [2.05, 4.69) is 25.0 Å². The molecule has 2 N–H and O–H groups in total. The molecule has 4 rings (SSSR count). The second kappa shape index (κ2) is 7.81. The molecule has 9 nitrogen and oxygen atoms in total. The normalized spacial score (nSPS) is 11.7. The molecule has 0 aliphatic carbocycles. The van der Waals surface area contributed by atoms with Gasteiger partial charge in [0.15, 0.2) is 4.96 Å². The summed E-state index contributed by atoms with van der Waals surface area (Å²) in [6.45, 7) is 0. The fourth-order valence-corrected chi connectivity index (χ4v) is 4.12. The van der Waals surface area contributed by atoms with Crippen molar-refractivity contribution < 1.29 is 13.2 Å². The quantitative estimate of drug-likeness (QED) is 0.458. The van der Waals surface area contributed by atoms with Crippen LogP contribution in [0.2, 0.25) is 0 Å². The van der Waals surface area contributed by atoms with Crippen LogP contribution in [0, 0.1) is 0 Å². The molecule has 1 amide bonds. The highest BCUT2D eigenvalue weighted by molar-refractivity contribution is 7.92. The Balaban J connectivity index is 1.42. The minimum absolute atomic E-state index is 0.0189. The van der Waals surface area contributed by atoms with Crippen LogP contribution in [0.25, 0.3) is 11.0 Å². The third-order valence-electron chi connectivity index (χ3n) is 3.80. The summed E-state index contributed by atoms with van der Waals surface area (Å²) in [6.07, 6.45) is 9.47. The first kappa shape index (κ1) is 18.8. The topological polar surface area (TPSA) is 118 Å². The van der Waals surface area contributed by atoms with Crippen molar-refractivity contribution in [3.63, 3.8) is 0 Å². The molecule has 0 saturated carbocycles. The number of fused-ring (bicyclic) bond motifs is 1. The van der Waals surface area contributed by atoms with Gasteiger partial charge in [-0.3, -0.25) is 9.20 Å². The number of carbonyl (C=O) groups excluding carboxylic acids is 1. The van der Waals surface area contributed by atoms with E-state index in [0.29, 0.717) is 5.69 Å². The van der Waals surface area contributed by atoms with E-state index in [1.165, 1.54) is 54.1 Å². The van der Waals surface area contributed by atoms with Gasteiger partial charge in [-0.15, -0.1) is 11.3 Å². The summed E-state index contributed by atoms with van der Waals surface area (Å²) in [6, 6.07) is 7.36. The van der Waals surface area contributed by atoms with Crippen molar-refractivity contribution in [3.8, 4) is 0 Å². The molecule has 29 heavy (non-hydrogen) atoms. The molecule has 0 radical (unpaired) electrons. The third-order valence-corrected chi connectivity index (χ3v) is 5.92. The van der Waals surface area contributed by atoms with Gasteiger partial charge in [0.2, 0.25) is 11.9 Å². The van der Waals surface area contributed by atoms with Crippen LogP contribution in [0.3, 0.4) is 0 Å². The van der Waals surface area contributed by atoms with E-state index in [4.69, 9.17) is 0 Å². The van der Waals surface area contributed by atoms with E-state index in [1.54, 1.807) is 18.3 Å². The fraction of sp³-hybridized carbons (Fsp3) is 0. The lowest BCUT2D eigenvalue weighted by atomic mass is 10.3. The Morgan fingerprint density at radius 2 is 1.86 bits per heavy atom. The van der Waals surface area contributed by atoms with Gasteiger partial charge >= 0.3 is 0 Å². The summed E-state index contributed by atoms with van der Waals surface area (Å²) in [5.41, 5.74) is 1.25. The predicted molar refractivity (Wildman–Crippen MR) is 110 cm³/mol. The van der Waals surface area contributed by atoms with Gasteiger partial charge in [0, 0.05) is 35.7 Å². The molecular formula is C18H14N6O3S2. The lowest BCUT2D eigenvalue weighted by molar-refractivity contribution is -0.111. The number of nitrogens with one attached hydrogen (secondary N) is 2. The monoisotopic (exact) mass is 426 g/mol. The first-order valence-corrected chi connectivity index (χ1v) is 10.7. The molecule has 0 spiro atoms. The minimum Gasteiger partial charge on any atom is -0.323 e. The van der Waals surface area contributed by atoms with E-state index in [-0.39, 0.29) is 16.8 Å². The van der Waals surface area contributed by atoms with Gasteiger partial charge in [0.25, 0.3) is 10.0 Å². The van der Waals surface area contributed by atoms with E-state index < -0.39 is 10.0 Å². The van der Waals surface area contributed by atoms with Gasteiger partial charge in [0.05, 0.1) is 16.8 Å². The Morgan fingerprint density at radius 1 is 1.10 bits per heavy atom. The van der Waals surface area contributed by atoms with E-state index >= 15 is 0 Å². The van der Waals surface area contributed by atoms with Gasteiger partial charge < -0.3 is 5.32 Å². The zero-order valence-corrected chi connectivity index (χ0v) is 16.4. The van der Waals surface area contributed by atoms with Crippen LogP contribution in [0.15, 0.2) is 71.5 Å². The van der Waals surface area contributed by atoms with Crippen LogP contribution >= 0.6 is 11.3 Å². The number of rotatable bonds is 6. The van der Waals surface area contributed by atoms with Crippen molar-refractivity contribution in [1.82, 2.24) is 19.4 Å². The number of imidazole rings is 1. The number of anilines is 2. The molecule has 0 aliphatic heterocycles. The number of carbonyl (C=O) groups is 1. The number of amides is 1. The molecule has 3 aromatic heterocycles. The summed E-state index contributed by atoms with van der Waals surface area (Å²) in [5, 5.41) is 4.59. The van der Waals surface area contributed by atoms with Crippen LogP contribution in [0.5, 0.6) is 0 Å². The lowest BCUT2D eigenvalue weighted by Crippen LogP contribution is -2.15. The molecule has 0 fully saturated rings. The van der Waals surface area contributed by atoms with Gasteiger partial charge in [0.1, 0.15) is 0 Å². The summed E-state index contributed by atoms with van der Waals surface area (Å²) >= 11 is 1.50. The summed E-state index contributed by atoms with van der Waals surface area (Å²) in [4.78, 5) is 24.9. The molecule has 11 heteroatoms. The van der Waals surface area contributed by atoms with Crippen molar-refractivity contribution in [2.24, 2.45) is 0 Å². The first-order valence-electron chi connectivity index (χ1n) is 8.31. The number of sulfonamides is 1. The van der Waals surface area contributed by atoms with Gasteiger partial charge in [-0.1, -0.05) is 0 Å². The van der Waals surface area contributed by atoms with Crippen LogP contribution in [-0.4, -0.2) is 33.7 Å². The SMILES string of the molecule is O=C(/C=C/c1cnc2sccn12)Nc1ccc(S(=O)(=O)Nc2ncccn2)cc1. The van der Waals surface area contributed by atoms with E-state index in [0.717, 1.165) is 10.7 Å². The van der Waals surface area contributed by atoms with Gasteiger partial charge in [-0.05, 0) is 36.4 Å². The second-order valence-electron chi connectivity index (χ2n) is 5.76. The van der Waals surface area contributed by atoms with Crippen molar-refractivity contribution in [2.45, 2.75) is 4.90 Å². The number of thiazole rings is 1. The smallest absolute Gasteiger partial charge is 0.264 e. The van der Waals surface area contributed by atoms with E-state index in [1.807, 2.05) is 16.0 Å². The first-order chi connectivity index (χ1) is 14.0. The fourth-order valence-electron chi connectivity index (χ4n) is 2.46. The standard InChI is InChI=1S/C18H14N6O3S2/c25-16(7-4-14-12-21-18-24(14)10-11-28-18)22-13-2-5-15(6-3-13)29(26,27)23-17-19-8-1-9-20-17/h1-12H,(H,22,25)(H,19,20,23)/b7-4+.